The van der Waals surface area contributed by atoms with Gasteiger partial charge in [-0.2, -0.15) is 0 Å². The lowest BCUT2D eigenvalue weighted by Crippen LogP contribution is -2.32. The van der Waals surface area contributed by atoms with Gasteiger partial charge >= 0.3 is 0 Å². The summed E-state index contributed by atoms with van der Waals surface area (Å²) >= 11 is 11.0. The Kier molecular flexibility index (Phi) is 8.37. The summed E-state index contributed by atoms with van der Waals surface area (Å²) in [5.74, 6) is 1.03. The van der Waals surface area contributed by atoms with Gasteiger partial charge in [-0.1, -0.05) is 61.3 Å². The SMILES string of the molecule is Cc1ccc(COc2ccc(/C=C3\SC(=Nc4ccc(Cl)cc4)N(CC(C)C)C3=O)cc2Br)cc1. The molecule has 4 rings (SSSR count). The molecule has 180 valence electrons. The van der Waals surface area contributed by atoms with Crippen molar-refractivity contribution in [2.24, 2.45) is 10.9 Å². The van der Waals surface area contributed by atoms with E-state index in [9.17, 15) is 4.79 Å². The van der Waals surface area contributed by atoms with Crippen LogP contribution in [0.4, 0.5) is 5.69 Å². The number of aryl methyl sites for hydroxylation is 1. The lowest BCUT2D eigenvalue weighted by atomic mass is 10.1. The van der Waals surface area contributed by atoms with Crippen molar-refractivity contribution in [2.45, 2.75) is 27.4 Å². The molecule has 0 aliphatic carbocycles. The molecule has 0 saturated carbocycles. The fraction of sp³-hybridized carbons (Fsp3) is 0.214. The lowest BCUT2D eigenvalue weighted by molar-refractivity contribution is -0.122. The number of rotatable bonds is 7. The highest BCUT2D eigenvalue weighted by molar-refractivity contribution is 9.10. The third-order valence-corrected chi connectivity index (χ3v) is 7.13. The van der Waals surface area contributed by atoms with Gasteiger partial charge in [0, 0.05) is 11.6 Å². The Balaban J connectivity index is 1.53. The number of thioether (sulfide) groups is 1. The molecule has 4 nitrogen and oxygen atoms in total. The molecule has 3 aromatic carbocycles. The summed E-state index contributed by atoms with van der Waals surface area (Å²) in [5.41, 5.74) is 4.00. The number of aliphatic imine (C=N–C) groups is 1. The summed E-state index contributed by atoms with van der Waals surface area (Å²) in [5, 5.41) is 1.33. The smallest absolute Gasteiger partial charge is 0.266 e. The van der Waals surface area contributed by atoms with Gasteiger partial charge in [0.25, 0.3) is 5.91 Å². The van der Waals surface area contributed by atoms with Crippen molar-refractivity contribution in [3.63, 3.8) is 0 Å². The number of nitrogens with zero attached hydrogens (tertiary/aromatic N) is 2. The van der Waals surface area contributed by atoms with Crippen LogP contribution in [0.5, 0.6) is 5.75 Å². The molecule has 35 heavy (non-hydrogen) atoms. The van der Waals surface area contributed by atoms with Crippen LogP contribution in [0.2, 0.25) is 5.02 Å². The molecule has 0 radical (unpaired) electrons. The zero-order valence-corrected chi connectivity index (χ0v) is 23.0. The van der Waals surface area contributed by atoms with Crippen molar-refractivity contribution in [2.75, 3.05) is 6.54 Å². The van der Waals surface area contributed by atoms with Crippen LogP contribution in [-0.2, 0) is 11.4 Å². The van der Waals surface area contributed by atoms with Gasteiger partial charge in [0.15, 0.2) is 5.17 Å². The van der Waals surface area contributed by atoms with E-state index in [0.29, 0.717) is 34.2 Å². The monoisotopic (exact) mass is 568 g/mol. The molecule has 1 aliphatic rings. The largest absolute Gasteiger partial charge is 0.488 e. The molecule has 0 unspecified atom stereocenters. The first-order valence-electron chi connectivity index (χ1n) is 11.3. The average Bonchev–Trinajstić information content (AvgIpc) is 3.09. The van der Waals surface area contributed by atoms with Crippen LogP contribution < -0.4 is 4.74 Å². The van der Waals surface area contributed by atoms with E-state index >= 15 is 0 Å². The Morgan fingerprint density at radius 3 is 2.46 bits per heavy atom. The van der Waals surface area contributed by atoms with Crippen LogP contribution >= 0.6 is 39.3 Å². The van der Waals surface area contributed by atoms with Gasteiger partial charge in [-0.05, 0) is 94.1 Å². The fourth-order valence-electron chi connectivity index (χ4n) is 3.46. The number of amides is 1. The lowest BCUT2D eigenvalue weighted by Gasteiger charge is -2.17. The van der Waals surface area contributed by atoms with E-state index in [-0.39, 0.29) is 5.91 Å². The number of carbonyl (C=O) groups is 1. The molecule has 1 aliphatic heterocycles. The van der Waals surface area contributed by atoms with Crippen molar-refractivity contribution in [3.8, 4) is 5.75 Å². The second-order valence-electron chi connectivity index (χ2n) is 8.76. The molecule has 0 atom stereocenters. The van der Waals surface area contributed by atoms with E-state index < -0.39 is 0 Å². The van der Waals surface area contributed by atoms with Crippen LogP contribution in [-0.4, -0.2) is 22.5 Å². The zero-order valence-electron chi connectivity index (χ0n) is 19.8. The van der Waals surface area contributed by atoms with Gasteiger partial charge in [-0.3, -0.25) is 9.69 Å². The number of carbonyl (C=O) groups excluding carboxylic acids is 1. The quantitative estimate of drug-likeness (QED) is 0.269. The summed E-state index contributed by atoms with van der Waals surface area (Å²) in [4.78, 5) is 20.3. The van der Waals surface area contributed by atoms with Crippen molar-refractivity contribution >= 4 is 62.1 Å². The topological polar surface area (TPSA) is 41.9 Å². The molecule has 3 aromatic rings. The maximum atomic E-state index is 13.2. The zero-order chi connectivity index (χ0) is 24.9. The number of halogens is 2. The van der Waals surface area contributed by atoms with Gasteiger partial charge in [-0.15, -0.1) is 0 Å². The number of hydrogen-bond acceptors (Lipinski definition) is 4. The summed E-state index contributed by atoms with van der Waals surface area (Å²) in [6.07, 6.45) is 1.90. The Hall–Kier alpha value is -2.54. The van der Waals surface area contributed by atoms with Crippen molar-refractivity contribution in [1.29, 1.82) is 0 Å². The van der Waals surface area contributed by atoms with Gasteiger partial charge < -0.3 is 4.74 Å². The normalized spacial score (nSPS) is 16.1. The molecular formula is C28H26BrClN2O2S. The Morgan fingerprint density at radius 1 is 1.09 bits per heavy atom. The second-order valence-corrected chi connectivity index (χ2v) is 11.1. The van der Waals surface area contributed by atoms with Crippen LogP contribution in [0.1, 0.15) is 30.5 Å². The molecule has 1 fully saturated rings. The first-order valence-corrected chi connectivity index (χ1v) is 13.3. The molecule has 0 bridgehead atoms. The minimum absolute atomic E-state index is 0.0350. The predicted molar refractivity (Wildman–Crippen MR) is 150 cm³/mol. The number of benzene rings is 3. The van der Waals surface area contributed by atoms with Gasteiger partial charge in [0.05, 0.1) is 15.1 Å². The third-order valence-electron chi connectivity index (χ3n) is 5.26. The Bertz CT molecular complexity index is 1270. The number of amidine groups is 1. The number of hydrogen-bond donors (Lipinski definition) is 0. The molecule has 0 spiro atoms. The minimum Gasteiger partial charge on any atom is -0.488 e. The molecule has 7 heteroatoms. The fourth-order valence-corrected chi connectivity index (χ4v) is 5.11. The maximum Gasteiger partial charge on any atom is 0.266 e. The van der Waals surface area contributed by atoms with Gasteiger partial charge in [-0.25, -0.2) is 4.99 Å². The molecule has 1 saturated heterocycles. The van der Waals surface area contributed by atoms with E-state index in [0.717, 1.165) is 27.0 Å². The molecule has 1 heterocycles. The van der Waals surface area contributed by atoms with E-state index in [1.807, 2.05) is 36.4 Å². The average molecular weight is 570 g/mol. The first kappa shape index (κ1) is 25.5. The van der Waals surface area contributed by atoms with Crippen molar-refractivity contribution < 1.29 is 9.53 Å². The summed E-state index contributed by atoms with van der Waals surface area (Å²) in [7, 11) is 0. The van der Waals surface area contributed by atoms with Gasteiger partial charge in [0.2, 0.25) is 0 Å². The van der Waals surface area contributed by atoms with E-state index in [4.69, 9.17) is 21.3 Å². The van der Waals surface area contributed by atoms with Crippen molar-refractivity contribution in [1.82, 2.24) is 4.90 Å². The molecule has 0 N–H and O–H groups in total. The number of ether oxygens (including phenoxy) is 1. The van der Waals surface area contributed by atoms with E-state index in [1.54, 1.807) is 17.0 Å². The molecule has 0 aromatic heterocycles. The summed E-state index contributed by atoms with van der Waals surface area (Å²) < 4.78 is 6.82. The summed E-state index contributed by atoms with van der Waals surface area (Å²) in [6.45, 7) is 7.34. The minimum atomic E-state index is -0.0350. The van der Waals surface area contributed by atoms with Crippen LogP contribution in [0.15, 0.2) is 81.1 Å². The predicted octanol–water partition coefficient (Wildman–Crippen LogP) is 8.25. The maximum absolute atomic E-state index is 13.2. The molecular weight excluding hydrogens is 544 g/mol. The summed E-state index contributed by atoms with van der Waals surface area (Å²) in [6, 6.07) is 21.4. The van der Waals surface area contributed by atoms with E-state index in [1.165, 1.54) is 17.3 Å². The standard InChI is InChI=1S/C28H26BrClN2O2S/c1-18(2)16-32-27(33)26(35-28(32)31-23-11-9-22(30)10-12-23)15-21-8-13-25(24(29)14-21)34-17-20-6-4-19(3)5-7-20/h4-15,18H,16-17H2,1-3H3/b26-15-,31-28?. The van der Waals surface area contributed by atoms with Crippen LogP contribution in [0, 0.1) is 12.8 Å². The first-order chi connectivity index (χ1) is 16.8. The second kappa shape index (κ2) is 11.5. The highest BCUT2D eigenvalue weighted by atomic mass is 79.9. The Labute approximate surface area is 224 Å². The van der Waals surface area contributed by atoms with Gasteiger partial charge in [0.1, 0.15) is 12.4 Å². The highest BCUT2D eigenvalue weighted by Gasteiger charge is 2.33. The molecule has 1 amide bonds. The van der Waals surface area contributed by atoms with Crippen molar-refractivity contribution in [3.05, 3.63) is 97.8 Å². The third kappa shape index (κ3) is 6.78. The van der Waals surface area contributed by atoms with E-state index in [2.05, 4.69) is 61.0 Å². The Morgan fingerprint density at radius 2 is 1.80 bits per heavy atom. The van der Waals surface area contributed by atoms with Crippen LogP contribution in [0.25, 0.3) is 6.08 Å². The highest BCUT2D eigenvalue weighted by Crippen LogP contribution is 2.36. The van der Waals surface area contributed by atoms with Crippen LogP contribution in [0.3, 0.4) is 0 Å².